The van der Waals surface area contributed by atoms with Gasteiger partial charge in [0.05, 0.1) is 12.7 Å². The number of hydrogen-bond acceptors (Lipinski definition) is 4. The third kappa shape index (κ3) is 13.2. The highest BCUT2D eigenvalue weighted by Crippen LogP contribution is 2.13. The van der Waals surface area contributed by atoms with Crippen LogP contribution in [-0.4, -0.2) is 41.9 Å². The van der Waals surface area contributed by atoms with Crippen molar-refractivity contribution in [3.63, 3.8) is 0 Å². The molecule has 0 bridgehead atoms. The lowest BCUT2D eigenvalue weighted by atomic mass is 10.1. The molecule has 1 unspecified atom stereocenters. The molecule has 0 saturated carbocycles. The minimum Gasteiger partial charge on any atom is -0.394 e. The number of rotatable bonds is 16. The average Bonchev–Trinajstić information content (AvgIpc) is 2.88. The molecule has 0 saturated heterocycles. The Morgan fingerprint density at radius 2 is 1.46 bits per heavy atom. The van der Waals surface area contributed by atoms with E-state index in [-0.39, 0.29) is 19.1 Å². The van der Waals surface area contributed by atoms with Gasteiger partial charge in [-0.2, -0.15) is 0 Å². The number of carbonyl (C=O) groups is 1. The van der Waals surface area contributed by atoms with Crippen molar-refractivity contribution < 1.29 is 15.0 Å². The van der Waals surface area contributed by atoms with Crippen LogP contribution in [-0.2, 0) is 0 Å². The van der Waals surface area contributed by atoms with Gasteiger partial charge >= 0.3 is 0 Å². The van der Waals surface area contributed by atoms with Gasteiger partial charge in [0.1, 0.15) is 0 Å². The summed E-state index contributed by atoms with van der Waals surface area (Å²) in [4.78, 5) is 12.0. The maximum atomic E-state index is 12.0. The van der Waals surface area contributed by atoms with Crippen LogP contribution in [0.3, 0.4) is 0 Å². The van der Waals surface area contributed by atoms with Crippen molar-refractivity contribution in [1.82, 2.24) is 5.32 Å². The molecule has 4 N–H and O–H groups in total. The molecular weight excluding hydrogens is 460 g/mol. The van der Waals surface area contributed by atoms with E-state index >= 15 is 0 Å². The van der Waals surface area contributed by atoms with Crippen LogP contribution < -0.4 is 10.6 Å². The van der Waals surface area contributed by atoms with Crippen LogP contribution in [0, 0.1) is 11.8 Å². The molecule has 6 heteroatoms. The summed E-state index contributed by atoms with van der Waals surface area (Å²) >= 11 is 5.88. The predicted molar refractivity (Wildman–Crippen MR) is 145 cm³/mol. The number of carbonyl (C=O) groups excluding carboxylic acids is 1. The Balaban J connectivity index is 1.41. The maximum absolute atomic E-state index is 12.0. The SMILES string of the molecule is O=C(NCC(O)CO)c1ccc(NCCCCCCCCCCCC#Cc2ccc(Cl)cc2)cc1. The van der Waals surface area contributed by atoms with Gasteiger partial charge in [-0.15, -0.1) is 0 Å². The van der Waals surface area contributed by atoms with Crippen LogP contribution >= 0.6 is 11.6 Å². The van der Waals surface area contributed by atoms with Gasteiger partial charge in [0.15, 0.2) is 0 Å². The summed E-state index contributed by atoms with van der Waals surface area (Å²) in [7, 11) is 0. The Morgan fingerprint density at radius 1 is 0.857 bits per heavy atom. The van der Waals surface area contributed by atoms with Crippen LogP contribution in [0.2, 0.25) is 5.02 Å². The molecule has 5 nitrogen and oxygen atoms in total. The fourth-order valence-corrected chi connectivity index (χ4v) is 3.75. The van der Waals surface area contributed by atoms with E-state index in [2.05, 4.69) is 22.5 Å². The molecule has 0 aromatic heterocycles. The zero-order valence-corrected chi connectivity index (χ0v) is 21.3. The van der Waals surface area contributed by atoms with Crippen molar-refractivity contribution in [2.45, 2.75) is 70.3 Å². The molecule has 2 aromatic rings. The van der Waals surface area contributed by atoms with Crippen LogP contribution in [0.1, 0.15) is 80.1 Å². The molecule has 0 spiro atoms. The van der Waals surface area contributed by atoms with E-state index in [4.69, 9.17) is 16.7 Å². The fraction of sp³-hybridized carbons (Fsp3) is 0.483. The minimum absolute atomic E-state index is 0.0381. The molecular formula is C29H39ClN2O3. The first-order valence-corrected chi connectivity index (χ1v) is 13.1. The smallest absolute Gasteiger partial charge is 0.251 e. The minimum atomic E-state index is -0.933. The second-order valence-corrected chi connectivity index (χ2v) is 9.23. The number of benzene rings is 2. The zero-order chi connectivity index (χ0) is 25.1. The van der Waals surface area contributed by atoms with Crippen molar-refractivity contribution in [1.29, 1.82) is 0 Å². The highest BCUT2D eigenvalue weighted by molar-refractivity contribution is 6.30. The molecule has 1 amide bonds. The first-order valence-electron chi connectivity index (χ1n) is 12.7. The number of halogens is 1. The number of aliphatic hydroxyl groups excluding tert-OH is 2. The van der Waals surface area contributed by atoms with Gasteiger partial charge in [0.25, 0.3) is 5.91 Å². The number of hydrogen-bond donors (Lipinski definition) is 4. The molecule has 0 fully saturated rings. The lowest BCUT2D eigenvalue weighted by molar-refractivity contribution is 0.0802. The van der Waals surface area contributed by atoms with Gasteiger partial charge in [0, 0.05) is 41.3 Å². The third-order valence-electron chi connectivity index (χ3n) is 5.74. The van der Waals surface area contributed by atoms with Gasteiger partial charge in [-0.1, -0.05) is 68.4 Å². The largest absolute Gasteiger partial charge is 0.394 e. The van der Waals surface area contributed by atoms with Crippen LogP contribution in [0.5, 0.6) is 0 Å². The summed E-state index contributed by atoms with van der Waals surface area (Å²) in [5.41, 5.74) is 2.56. The third-order valence-corrected chi connectivity index (χ3v) is 5.99. The first kappa shape index (κ1) is 28.7. The van der Waals surface area contributed by atoms with E-state index in [9.17, 15) is 9.90 Å². The molecule has 0 radical (unpaired) electrons. The summed E-state index contributed by atoms with van der Waals surface area (Å²) in [5, 5.41) is 24.8. The Kier molecular flexibility index (Phi) is 14.6. The Hall–Kier alpha value is -2.52. The predicted octanol–water partition coefficient (Wildman–Crippen LogP) is 5.79. The van der Waals surface area contributed by atoms with Crippen molar-refractivity contribution >= 4 is 23.2 Å². The fourth-order valence-electron chi connectivity index (χ4n) is 3.62. The van der Waals surface area contributed by atoms with E-state index in [0.29, 0.717) is 5.56 Å². The van der Waals surface area contributed by atoms with Gasteiger partial charge in [-0.25, -0.2) is 0 Å². The molecule has 2 aromatic carbocycles. The second-order valence-electron chi connectivity index (χ2n) is 8.79. The first-order chi connectivity index (χ1) is 17.1. The maximum Gasteiger partial charge on any atom is 0.251 e. The van der Waals surface area contributed by atoms with E-state index in [1.165, 1.54) is 51.4 Å². The molecule has 190 valence electrons. The molecule has 0 aliphatic rings. The summed E-state index contributed by atoms with van der Waals surface area (Å²) in [6.45, 7) is 0.591. The van der Waals surface area contributed by atoms with Crippen molar-refractivity contribution in [3.8, 4) is 11.8 Å². The van der Waals surface area contributed by atoms with Crippen LogP contribution in [0.4, 0.5) is 5.69 Å². The number of amides is 1. The summed E-state index contributed by atoms with van der Waals surface area (Å²) in [6, 6.07) is 15.0. The number of nitrogens with one attached hydrogen (secondary N) is 2. The Bertz CT molecular complexity index is 904. The molecule has 0 heterocycles. The molecule has 1 atom stereocenters. The van der Waals surface area contributed by atoms with E-state index in [1.807, 2.05) is 36.4 Å². The molecule has 35 heavy (non-hydrogen) atoms. The monoisotopic (exact) mass is 498 g/mol. The van der Waals surface area contributed by atoms with E-state index < -0.39 is 6.10 Å². The van der Waals surface area contributed by atoms with Crippen molar-refractivity contribution in [2.24, 2.45) is 0 Å². The van der Waals surface area contributed by atoms with Crippen LogP contribution in [0.15, 0.2) is 48.5 Å². The van der Waals surface area contributed by atoms with Crippen molar-refractivity contribution in [3.05, 3.63) is 64.7 Å². The topological polar surface area (TPSA) is 81.6 Å². The van der Waals surface area contributed by atoms with Gasteiger partial charge in [0.2, 0.25) is 0 Å². The van der Waals surface area contributed by atoms with E-state index in [1.54, 1.807) is 12.1 Å². The quantitative estimate of drug-likeness (QED) is 0.174. The number of anilines is 1. The summed E-state index contributed by atoms with van der Waals surface area (Å²) in [6.07, 6.45) is 11.3. The Morgan fingerprint density at radius 3 is 2.09 bits per heavy atom. The molecule has 0 aliphatic heterocycles. The molecule has 0 aliphatic carbocycles. The van der Waals surface area contributed by atoms with Gasteiger partial charge in [-0.3, -0.25) is 4.79 Å². The summed E-state index contributed by atoms with van der Waals surface area (Å²) in [5.74, 6) is 6.18. The lowest BCUT2D eigenvalue weighted by Crippen LogP contribution is -2.33. The number of unbranched alkanes of at least 4 members (excludes halogenated alkanes) is 9. The highest BCUT2D eigenvalue weighted by atomic mass is 35.5. The Labute approximate surface area is 215 Å². The number of aliphatic hydroxyl groups is 2. The highest BCUT2D eigenvalue weighted by Gasteiger charge is 2.08. The standard InChI is InChI=1S/C29H39ClN2O3/c30-26-17-13-24(14-18-26)12-10-8-6-4-2-1-3-5-7-9-11-21-31-27-19-15-25(16-20-27)29(35)32-22-28(34)23-33/h13-20,28,31,33-34H,1-9,11,21-23H2,(H,32,35). The van der Waals surface area contributed by atoms with E-state index in [0.717, 1.165) is 35.7 Å². The van der Waals surface area contributed by atoms with Gasteiger partial charge in [-0.05, 0) is 61.4 Å². The zero-order valence-electron chi connectivity index (χ0n) is 20.6. The second kappa shape index (κ2) is 17.8. The normalized spacial score (nSPS) is 11.4. The summed E-state index contributed by atoms with van der Waals surface area (Å²) < 4.78 is 0. The lowest BCUT2D eigenvalue weighted by Gasteiger charge is -2.10. The average molecular weight is 499 g/mol. The van der Waals surface area contributed by atoms with Crippen LogP contribution in [0.25, 0.3) is 0 Å². The van der Waals surface area contributed by atoms with Crippen molar-refractivity contribution in [2.75, 3.05) is 25.0 Å². The molecule has 2 rings (SSSR count). The van der Waals surface area contributed by atoms with Gasteiger partial charge < -0.3 is 20.8 Å².